The molecule has 1 aromatic carbocycles. The number of piperidine rings is 1. The molecule has 0 aliphatic carbocycles. The van der Waals surface area contributed by atoms with Crippen molar-refractivity contribution in [1.29, 1.82) is 0 Å². The van der Waals surface area contributed by atoms with Crippen LogP contribution in [0.2, 0.25) is 5.02 Å². The molecule has 0 spiro atoms. The third-order valence-corrected chi connectivity index (χ3v) is 3.52. The average Bonchev–Trinajstić information content (AvgIpc) is 2.33. The molecule has 0 saturated carbocycles. The lowest BCUT2D eigenvalue weighted by molar-refractivity contribution is 0.578. The van der Waals surface area contributed by atoms with Gasteiger partial charge in [0.1, 0.15) is 0 Å². The molecule has 0 radical (unpaired) electrons. The third kappa shape index (κ3) is 2.69. The fraction of sp³-hybridized carbons (Fsp3) is 0.538. The molecule has 2 N–H and O–H groups in total. The molecule has 2 nitrogen and oxygen atoms in total. The van der Waals surface area contributed by atoms with Crippen LogP contribution in [0.25, 0.3) is 0 Å². The largest absolute Gasteiger partial charge is 0.371 e. The molecular weight excluding hydrogens is 220 g/mol. The van der Waals surface area contributed by atoms with Gasteiger partial charge in [-0.3, -0.25) is 0 Å². The van der Waals surface area contributed by atoms with Crippen molar-refractivity contribution >= 4 is 17.3 Å². The average molecular weight is 239 g/mol. The standard InChI is InChI=1S/C13H19ClN2/c14-13-10-12(5-4-11(13)6-7-15)16-8-2-1-3-9-16/h4-5,10H,1-3,6-9,15H2. The van der Waals surface area contributed by atoms with Gasteiger partial charge in [0.25, 0.3) is 0 Å². The van der Waals surface area contributed by atoms with Crippen LogP contribution in [0, 0.1) is 0 Å². The Labute approximate surface area is 102 Å². The molecule has 0 amide bonds. The summed E-state index contributed by atoms with van der Waals surface area (Å²) in [6.45, 7) is 2.97. The number of halogens is 1. The highest BCUT2D eigenvalue weighted by Gasteiger charge is 2.11. The maximum absolute atomic E-state index is 6.25. The molecule has 0 unspecified atom stereocenters. The van der Waals surface area contributed by atoms with Crippen molar-refractivity contribution in [3.05, 3.63) is 28.8 Å². The Morgan fingerprint density at radius 2 is 1.94 bits per heavy atom. The minimum absolute atomic E-state index is 0.656. The predicted molar refractivity (Wildman–Crippen MR) is 70.3 cm³/mol. The second-order valence-corrected chi connectivity index (χ2v) is 4.77. The highest BCUT2D eigenvalue weighted by atomic mass is 35.5. The first-order valence-electron chi connectivity index (χ1n) is 6.04. The molecule has 2 rings (SSSR count). The SMILES string of the molecule is NCCc1ccc(N2CCCCC2)cc1Cl. The van der Waals surface area contributed by atoms with Gasteiger partial charge in [0.05, 0.1) is 0 Å². The van der Waals surface area contributed by atoms with E-state index in [4.69, 9.17) is 17.3 Å². The molecule has 16 heavy (non-hydrogen) atoms. The zero-order valence-corrected chi connectivity index (χ0v) is 10.3. The fourth-order valence-corrected chi connectivity index (χ4v) is 2.51. The van der Waals surface area contributed by atoms with Gasteiger partial charge in [0.2, 0.25) is 0 Å². The van der Waals surface area contributed by atoms with Gasteiger partial charge in [0, 0.05) is 23.8 Å². The first-order chi connectivity index (χ1) is 7.81. The molecule has 3 heteroatoms. The summed E-state index contributed by atoms with van der Waals surface area (Å²) in [6, 6.07) is 6.36. The molecule has 1 aromatic rings. The van der Waals surface area contributed by atoms with Crippen LogP contribution < -0.4 is 10.6 Å². The van der Waals surface area contributed by atoms with Gasteiger partial charge in [0.15, 0.2) is 0 Å². The zero-order valence-electron chi connectivity index (χ0n) is 9.58. The summed E-state index contributed by atoms with van der Waals surface area (Å²) in [4.78, 5) is 2.42. The van der Waals surface area contributed by atoms with E-state index in [-0.39, 0.29) is 0 Å². The van der Waals surface area contributed by atoms with Gasteiger partial charge >= 0.3 is 0 Å². The summed E-state index contributed by atoms with van der Waals surface area (Å²) in [7, 11) is 0. The Bertz CT molecular complexity index is 346. The zero-order chi connectivity index (χ0) is 11.4. The van der Waals surface area contributed by atoms with E-state index < -0.39 is 0 Å². The molecule has 0 aromatic heterocycles. The van der Waals surface area contributed by atoms with Crippen LogP contribution in [0.3, 0.4) is 0 Å². The van der Waals surface area contributed by atoms with Crippen molar-refractivity contribution in [1.82, 2.24) is 0 Å². The normalized spacial score (nSPS) is 16.5. The Kier molecular flexibility index (Phi) is 4.08. The second kappa shape index (κ2) is 5.55. The van der Waals surface area contributed by atoms with E-state index in [2.05, 4.69) is 23.1 Å². The van der Waals surface area contributed by atoms with E-state index in [0.717, 1.165) is 30.1 Å². The van der Waals surface area contributed by atoms with Gasteiger partial charge in [-0.1, -0.05) is 17.7 Å². The van der Waals surface area contributed by atoms with Gasteiger partial charge < -0.3 is 10.6 Å². The van der Waals surface area contributed by atoms with E-state index in [1.165, 1.54) is 24.9 Å². The maximum Gasteiger partial charge on any atom is 0.0459 e. The van der Waals surface area contributed by atoms with Crippen LogP contribution in [0.15, 0.2) is 18.2 Å². The summed E-state index contributed by atoms with van der Waals surface area (Å²) in [6.07, 6.45) is 4.80. The summed E-state index contributed by atoms with van der Waals surface area (Å²) in [5.41, 5.74) is 7.95. The first-order valence-corrected chi connectivity index (χ1v) is 6.42. The molecule has 1 aliphatic rings. The minimum atomic E-state index is 0.656. The second-order valence-electron chi connectivity index (χ2n) is 4.36. The maximum atomic E-state index is 6.25. The highest BCUT2D eigenvalue weighted by molar-refractivity contribution is 6.31. The molecule has 1 fully saturated rings. The van der Waals surface area contributed by atoms with Crippen molar-refractivity contribution in [2.75, 3.05) is 24.5 Å². The molecule has 1 heterocycles. The molecule has 1 saturated heterocycles. The van der Waals surface area contributed by atoms with E-state index >= 15 is 0 Å². The fourth-order valence-electron chi connectivity index (χ4n) is 2.24. The first kappa shape index (κ1) is 11.7. The predicted octanol–water partition coefficient (Wildman–Crippen LogP) is 2.83. The van der Waals surface area contributed by atoms with Crippen molar-refractivity contribution in [2.24, 2.45) is 5.73 Å². The number of nitrogens with zero attached hydrogens (tertiary/aromatic N) is 1. The Hall–Kier alpha value is -0.730. The van der Waals surface area contributed by atoms with E-state index in [1.807, 2.05) is 0 Å². The Balaban J connectivity index is 2.13. The highest BCUT2D eigenvalue weighted by Crippen LogP contribution is 2.26. The Morgan fingerprint density at radius 1 is 1.19 bits per heavy atom. The third-order valence-electron chi connectivity index (χ3n) is 3.17. The number of nitrogens with two attached hydrogens (primary N) is 1. The van der Waals surface area contributed by atoms with Crippen LogP contribution in [-0.2, 0) is 6.42 Å². The lowest BCUT2D eigenvalue weighted by Crippen LogP contribution is -2.29. The summed E-state index contributed by atoms with van der Waals surface area (Å²) in [5, 5.41) is 0.855. The molecular formula is C13H19ClN2. The summed E-state index contributed by atoms with van der Waals surface area (Å²) in [5.74, 6) is 0. The minimum Gasteiger partial charge on any atom is -0.371 e. The van der Waals surface area contributed by atoms with Gasteiger partial charge in [-0.05, 0) is 49.9 Å². The number of hydrogen-bond acceptors (Lipinski definition) is 2. The molecule has 0 bridgehead atoms. The van der Waals surface area contributed by atoms with Gasteiger partial charge in [-0.15, -0.1) is 0 Å². The van der Waals surface area contributed by atoms with Crippen LogP contribution in [0.5, 0.6) is 0 Å². The monoisotopic (exact) mass is 238 g/mol. The molecule has 1 aliphatic heterocycles. The van der Waals surface area contributed by atoms with Gasteiger partial charge in [-0.2, -0.15) is 0 Å². The summed E-state index contributed by atoms with van der Waals surface area (Å²) < 4.78 is 0. The smallest absolute Gasteiger partial charge is 0.0459 e. The van der Waals surface area contributed by atoms with Crippen molar-refractivity contribution in [3.63, 3.8) is 0 Å². The van der Waals surface area contributed by atoms with Gasteiger partial charge in [-0.25, -0.2) is 0 Å². The number of rotatable bonds is 3. The van der Waals surface area contributed by atoms with E-state index in [9.17, 15) is 0 Å². The van der Waals surface area contributed by atoms with E-state index in [1.54, 1.807) is 0 Å². The molecule has 0 atom stereocenters. The lowest BCUT2D eigenvalue weighted by atomic mass is 10.1. The topological polar surface area (TPSA) is 29.3 Å². The van der Waals surface area contributed by atoms with Crippen LogP contribution in [0.1, 0.15) is 24.8 Å². The van der Waals surface area contributed by atoms with Crippen LogP contribution >= 0.6 is 11.6 Å². The number of anilines is 1. The quantitative estimate of drug-likeness (QED) is 0.878. The van der Waals surface area contributed by atoms with Crippen LogP contribution in [0.4, 0.5) is 5.69 Å². The summed E-state index contributed by atoms with van der Waals surface area (Å²) >= 11 is 6.25. The molecule has 88 valence electrons. The van der Waals surface area contributed by atoms with Crippen molar-refractivity contribution in [2.45, 2.75) is 25.7 Å². The Morgan fingerprint density at radius 3 is 2.56 bits per heavy atom. The van der Waals surface area contributed by atoms with Crippen molar-refractivity contribution in [3.8, 4) is 0 Å². The van der Waals surface area contributed by atoms with E-state index in [0.29, 0.717) is 6.54 Å². The number of benzene rings is 1. The van der Waals surface area contributed by atoms with Crippen molar-refractivity contribution < 1.29 is 0 Å². The number of hydrogen-bond donors (Lipinski definition) is 1. The van der Waals surface area contributed by atoms with Crippen LogP contribution in [-0.4, -0.2) is 19.6 Å². The lowest BCUT2D eigenvalue weighted by Gasteiger charge is -2.29.